The molecule has 1 N–H and O–H groups in total. The van der Waals surface area contributed by atoms with Gasteiger partial charge >= 0.3 is 0 Å². The lowest BCUT2D eigenvalue weighted by atomic mass is 10.3. The van der Waals surface area contributed by atoms with Gasteiger partial charge in [0.15, 0.2) is 0 Å². The Hall–Kier alpha value is 0.01000. The first-order chi connectivity index (χ1) is 3.93. The molecule has 1 rings (SSSR count). The van der Waals surface area contributed by atoms with Crippen molar-refractivity contribution in [1.82, 2.24) is 5.32 Å². The number of nitrogens with zero attached hydrogens (tertiary/aromatic N) is 1. The van der Waals surface area contributed by atoms with Crippen molar-refractivity contribution < 1.29 is 4.84 Å². The fourth-order valence-corrected chi connectivity index (χ4v) is 0.824. The van der Waals surface area contributed by atoms with Crippen molar-refractivity contribution in [3.8, 4) is 0 Å². The first kappa shape index (κ1) is 12.7. The molecule has 0 aliphatic carbocycles. The van der Waals surface area contributed by atoms with Crippen LogP contribution in [-0.4, -0.2) is 25.9 Å². The molecule has 0 saturated carbocycles. The molecule has 0 radical (unpaired) electrons. The van der Waals surface area contributed by atoms with Crippen LogP contribution in [0.4, 0.5) is 0 Å². The average Bonchev–Trinajstić information content (AvgIpc) is 2.19. The first-order valence-electron chi connectivity index (χ1n) is 2.76. The third kappa shape index (κ3) is 3.93. The Kier molecular flexibility index (Phi) is 9.02. The Morgan fingerprint density at radius 2 is 2.20 bits per heavy atom. The van der Waals surface area contributed by atoms with Crippen LogP contribution < -0.4 is 5.32 Å². The van der Waals surface area contributed by atoms with Gasteiger partial charge < -0.3 is 10.2 Å². The quantitative estimate of drug-likeness (QED) is 0.513. The maximum absolute atomic E-state index is 4.85. The van der Waals surface area contributed by atoms with Gasteiger partial charge in [-0.2, -0.15) is 0 Å². The second-order valence-electron chi connectivity index (χ2n) is 1.85. The predicted octanol–water partition coefficient (Wildman–Crippen LogP) is 0.824. The van der Waals surface area contributed by atoms with Gasteiger partial charge in [0.05, 0.1) is 0 Å². The van der Waals surface area contributed by atoms with Crippen LogP contribution in [-0.2, 0) is 4.84 Å². The molecule has 10 heavy (non-hydrogen) atoms. The molecule has 1 aliphatic rings. The van der Waals surface area contributed by atoms with Gasteiger partial charge in [-0.05, 0) is 6.54 Å². The van der Waals surface area contributed by atoms with E-state index >= 15 is 0 Å². The van der Waals surface area contributed by atoms with Crippen molar-refractivity contribution in [3.05, 3.63) is 0 Å². The molecule has 1 heterocycles. The predicted molar refractivity (Wildman–Crippen MR) is 46.4 cm³/mol. The molecular formula is C5H12Cl2N2O. The van der Waals surface area contributed by atoms with Crippen molar-refractivity contribution in [2.75, 3.05) is 13.1 Å². The summed E-state index contributed by atoms with van der Waals surface area (Å²) in [6.07, 6.45) is 1.33. The summed E-state index contributed by atoms with van der Waals surface area (Å²) in [5, 5.41) is 6.47. The lowest BCUT2D eigenvalue weighted by Gasteiger charge is -2.02. The lowest BCUT2D eigenvalue weighted by Crippen LogP contribution is -2.13. The SMILES string of the molecule is C=NOC1CCNC1.Cl.Cl. The van der Waals surface area contributed by atoms with E-state index in [0.717, 1.165) is 19.5 Å². The maximum atomic E-state index is 4.85. The summed E-state index contributed by atoms with van der Waals surface area (Å²) in [4.78, 5) is 4.85. The van der Waals surface area contributed by atoms with Gasteiger partial charge in [0.1, 0.15) is 6.10 Å². The number of rotatable bonds is 2. The van der Waals surface area contributed by atoms with Crippen molar-refractivity contribution in [2.24, 2.45) is 5.16 Å². The van der Waals surface area contributed by atoms with Crippen LogP contribution in [0.5, 0.6) is 0 Å². The molecule has 62 valence electrons. The number of hydrogen-bond acceptors (Lipinski definition) is 3. The smallest absolute Gasteiger partial charge is 0.141 e. The standard InChI is InChI=1S/C5H10N2O.2ClH/c1-6-8-5-2-3-7-4-5;;/h5,7H,1-4H2;2*1H. The van der Waals surface area contributed by atoms with E-state index in [2.05, 4.69) is 17.2 Å². The molecular weight excluding hydrogens is 175 g/mol. The topological polar surface area (TPSA) is 33.6 Å². The molecule has 0 aromatic rings. The zero-order valence-corrected chi connectivity index (χ0v) is 7.21. The minimum Gasteiger partial charge on any atom is -0.392 e. The van der Waals surface area contributed by atoms with Crippen LogP contribution in [0.25, 0.3) is 0 Å². The Balaban J connectivity index is 0. The van der Waals surface area contributed by atoms with Gasteiger partial charge in [-0.15, -0.1) is 30.0 Å². The molecule has 3 nitrogen and oxygen atoms in total. The normalized spacial score (nSPS) is 22.2. The highest BCUT2D eigenvalue weighted by atomic mass is 35.5. The number of halogens is 2. The second kappa shape index (κ2) is 7.12. The monoisotopic (exact) mass is 186 g/mol. The number of oxime groups is 1. The summed E-state index contributed by atoms with van der Waals surface area (Å²) in [5.41, 5.74) is 0. The number of nitrogens with one attached hydrogen (secondary N) is 1. The van der Waals surface area contributed by atoms with E-state index in [-0.39, 0.29) is 30.9 Å². The molecule has 1 atom stereocenters. The van der Waals surface area contributed by atoms with Gasteiger partial charge in [0.2, 0.25) is 0 Å². The van der Waals surface area contributed by atoms with Crippen LogP contribution in [0.15, 0.2) is 5.16 Å². The fourth-order valence-electron chi connectivity index (χ4n) is 0.824. The van der Waals surface area contributed by atoms with E-state index in [1.165, 1.54) is 0 Å². The van der Waals surface area contributed by atoms with E-state index in [9.17, 15) is 0 Å². The van der Waals surface area contributed by atoms with Crippen LogP contribution in [0.3, 0.4) is 0 Å². The highest BCUT2D eigenvalue weighted by Gasteiger charge is 2.14. The summed E-state index contributed by atoms with van der Waals surface area (Å²) in [7, 11) is 0. The Labute approximate surface area is 73.0 Å². The summed E-state index contributed by atoms with van der Waals surface area (Å²) >= 11 is 0. The lowest BCUT2D eigenvalue weighted by molar-refractivity contribution is 0.0757. The van der Waals surface area contributed by atoms with Gasteiger partial charge in [-0.3, -0.25) is 0 Å². The molecule has 1 fully saturated rings. The third-order valence-corrected chi connectivity index (χ3v) is 1.24. The van der Waals surface area contributed by atoms with E-state index < -0.39 is 0 Å². The molecule has 0 amide bonds. The third-order valence-electron chi connectivity index (χ3n) is 1.24. The van der Waals surface area contributed by atoms with Gasteiger partial charge in [-0.1, -0.05) is 0 Å². The van der Waals surface area contributed by atoms with Crippen molar-refractivity contribution in [1.29, 1.82) is 0 Å². The summed E-state index contributed by atoms with van der Waals surface area (Å²) in [6, 6.07) is 0. The molecule has 0 spiro atoms. The molecule has 5 heteroatoms. The first-order valence-corrected chi connectivity index (χ1v) is 2.76. The van der Waals surface area contributed by atoms with Crippen molar-refractivity contribution in [2.45, 2.75) is 12.5 Å². The Morgan fingerprint density at radius 3 is 2.60 bits per heavy atom. The second-order valence-corrected chi connectivity index (χ2v) is 1.85. The summed E-state index contributed by atoms with van der Waals surface area (Å²) in [6.45, 7) is 5.18. The highest BCUT2D eigenvalue weighted by Crippen LogP contribution is 2.01. The molecule has 1 aliphatic heterocycles. The van der Waals surface area contributed by atoms with E-state index in [4.69, 9.17) is 4.84 Å². The highest BCUT2D eigenvalue weighted by molar-refractivity contribution is 5.85. The largest absolute Gasteiger partial charge is 0.392 e. The minimum absolute atomic E-state index is 0. The minimum atomic E-state index is 0. The average molecular weight is 187 g/mol. The van der Waals surface area contributed by atoms with Crippen LogP contribution in [0.1, 0.15) is 6.42 Å². The zero-order valence-electron chi connectivity index (χ0n) is 5.58. The Bertz CT molecular complexity index is 85.7. The van der Waals surface area contributed by atoms with E-state index in [1.807, 2.05) is 0 Å². The van der Waals surface area contributed by atoms with Gasteiger partial charge in [0, 0.05) is 19.7 Å². The van der Waals surface area contributed by atoms with E-state index in [1.54, 1.807) is 0 Å². The Morgan fingerprint density at radius 1 is 1.50 bits per heavy atom. The molecule has 0 bridgehead atoms. The zero-order chi connectivity index (χ0) is 5.82. The van der Waals surface area contributed by atoms with Crippen LogP contribution in [0.2, 0.25) is 0 Å². The van der Waals surface area contributed by atoms with Crippen LogP contribution in [0, 0.1) is 0 Å². The summed E-state index contributed by atoms with van der Waals surface area (Å²) < 4.78 is 0. The van der Waals surface area contributed by atoms with Gasteiger partial charge in [-0.25, -0.2) is 0 Å². The molecule has 0 aromatic heterocycles. The molecule has 1 saturated heterocycles. The maximum Gasteiger partial charge on any atom is 0.141 e. The molecule has 1 unspecified atom stereocenters. The molecule has 0 aromatic carbocycles. The fraction of sp³-hybridized carbons (Fsp3) is 0.800. The summed E-state index contributed by atoms with van der Waals surface area (Å²) in [5.74, 6) is 0. The van der Waals surface area contributed by atoms with Crippen molar-refractivity contribution >= 4 is 31.5 Å². The van der Waals surface area contributed by atoms with E-state index in [0.29, 0.717) is 0 Å². The number of hydrogen-bond donors (Lipinski definition) is 1. The van der Waals surface area contributed by atoms with Gasteiger partial charge in [0.25, 0.3) is 0 Å². The van der Waals surface area contributed by atoms with Crippen molar-refractivity contribution in [3.63, 3.8) is 0 Å². The van der Waals surface area contributed by atoms with Crippen LogP contribution >= 0.6 is 24.8 Å².